The lowest BCUT2D eigenvalue weighted by Crippen LogP contribution is -2.48. The summed E-state index contributed by atoms with van der Waals surface area (Å²) in [5, 5.41) is 20.1. The smallest absolute Gasteiger partial charge is 0.150 e. The van der Waals surface area contributed by atoms with Crippen LogP contribution in [0.25, 0.3) is 11.1 Å². The first-order valence-corrected chi connectivity index (χ1v) is 11.9. The number of nitrogens with zero attached hydrogens (tertiary/aromatic N) is 1. The zero-order valence-electron chi connectivity index (χ0n) is 20.5. The summed E-state index contributed by atoms with van der Waals surface area (Å²) in [7, 11) is 0. The lowest BCUT2D eigenvalue weighted by atomic mass is 9.85. The van der Waals surface area contributed by atoms with E-state index in [-0.39, 0.29) is 29.7 Å². The van der Waals surface area contributed by atoms with Crippen LogP contribution in [-0.4, -0.2) is 54.1 Å². The van der Waals surface area contributed by atoms with E-state index in [2.05, 4.69) is 11.5 Å². The molecule has 190 valence electrons. The van der Waals surface area contributed by atoms with Crippen LogP contribution < -0.4 is 4.74 Å². The molecule has 2 heterocycles. The fraction of sp³-hybridized carbons (Fsp3) is 0.310. The van der Waals surface area contributed by atoms with Crippen LogP contribution in [0.4, 0.5) is 8.78 Å². The number of ether oxygens (including phenoxy) is 2. The van der Waals surface area contributed by atoms with Gasteiger partial charge in [-0.1, -0.05) is 18.7 Å². The summed E-state index contributed by atoms with van der Waals surface area (Å²) < 4.78 is 39.7. The Hall–Kier alpha value is -3.58. The standard InChI is InChI=1S/C29H31F2NO4/c1-4-21(6-5-18(2)35-12-11-32-16-20(15-30)17-32)29-28(25-14-22(33)7-9-26(25)31)19(3)24-13-23(34)8-10-27(24)36-29/h4-10,13-14,20,29,33-34H,1,11-12,15-17H2,2-3H3/b18-5+,21-6+. The molecule has 2 N–H and O–H groups in total. The molecule has 2 aromatic carbocycles. The van der Waals surface area contributed by atoms with Crippen LogP contribution in [0.1, 0.15) is 25.0 Å². The summed E-state index contributed by atoms with van der Waals surface area (Å²) in [6.07, 6.45) is 4.55. The number of rotatable bonds is 9. The molecule has 1 fully saturated rings. The number of phenols is 2. The second-order valence-electron chi connectivity index (χ2n) is 9.16. The van der Waals surface area contributed by atoms with Crippen molar-refractivity contribution in [1.82, 2.24) is 4.90 Å². The maximum absolute atomic E-state index is 15.0. The van der Waals surface area contributed by atoms with Crippen molar-refractivity contribution in [2.24, 2.45) is 5.92 Å². The fourth-order valence-electron chi connectivity index (χ4n) is 4.56. The van der Waals surface area contributed by atoms with Crippen LogP contribution in [0, 0.1) is 11.7 Å². The number of hydrogen-bond acceptors (Lipinski definition) is 5. The predicted octanol–water partition coefficient (Wildman–Crippen LogP) is 5.86. The third-order valence-electron chi connectivity index (χ3n) is 6.56. The van der Waals surface area contributed by atoms with Crippen molar-refractivity contribution in [3.63, 3.8) is 0 Å². The van der Waals surface area contributed by atoms with E-state index in [4.69, 9.17) is 9.47 Å². The number of phenolic OH excluding ortho intramolecular Hbond substituents is 2. The molecule has 4 rings (SSSR count). The van der Waals surface area contributed by atoms with Crippen LogP contribution in [0.3, 0.4) is 0 Å². The predicted molar refractivity (Wildman–Crippen MR) is 137 cm³/mol. The highest BCUT2D eigenvalue weighted by molar-refractivity contribution is 5.97. The summed E-state index contributed by atoms with van der Waals surface area (Å²) in [6, 6.07) is 8.65. The van der Waals surface area contributed by atoms with Gasteiger partial charge in [-0.25, -0.2) is 4.39 Å². The summed E-state index contributed by atoms with van der Waals surface area (Å²) in [6.45, 7) is 10.1. The first kappa shape index (κ1) is 25.5. The van der Waals surface area contributed by atoms with Gasteiger partial charge in [-0.15, -0.1) is 0 Å². The van der Waals surface area contributed by atoms with E-state index in [1.54, 1.807) is 24.3 Å². The Balaban J connectivity index is 1.62. The van der Waals surface area contributed by atoms with Crippen molar-refractivity contribution in [2.45, 2.75) is 20.0 Å². The minimum atomic E-state index is -0.710. The quantitative estimate of drug-likeness (QED) is 0.337. The number of alkyl halides is 1. The van der Waals surface area contributed by atoms with Crippen LogP contribution in [0.5, 0.6) is 17.2 Å². The topological polar surface area (TPSA) is 62.2 Å². The molecule has 2 aliphatic heterocycles. The lowest BCUT2D eigenvalue weighted by molar-refractivity contribution is 0.0554. The van der Waals surface area contributed by atoms with E-state index in [0.29, 0.717) is 40.4 Å². The molecule has 0 radical (unpaired) electrons. The monoisotopic (exact) mass is 495 g/mol. The highest BCUT2D eigenvalue weighted by Gasteiger charge is 2.31. The molecular formula is C29H31F2NO4. The van der Waals surface area contributed by atoms with E-state index in [0.717, 1.165) is 19.6 Å². The highest BCUT2D eigenvalue weighted by Crippen LogP contribution is 2.44. The van der Waals surface area contributed by atoms with Gasteiger partial charge >= 0.3 is 0 Å². The minimum Gasteiger partial charge on any atom is -0.508 e. The second kappa shape index (κ2) is 11.0. The third kappa shape index (κ3) is 5.46. The van der Waals surface area contributed by atoms with Gasteiger partial charge in [-0.05, 0) is 67.5 Å². The normalized spacial score (nSPS) is 18.9. The molecule has 0 spiro atoms. The van der Waals surface area contributed by atoms with Gasteiger partial charge in [-0.3, -0.25) is 9.29 Å². The highest BCUT2D eigenvalue weighted by atomic mass is 19.1. The Morgan fingerprint density at radius 3 is 2.53 bits per heavy atom. The maximum Gasteiger partial charge on any atom is 0.150 e. The molecule has 0 amide bonds. The van der Waals surface area contributed by atoms with Crippen molar-refractivity contribution >= 4 is 11.1 Å². The molecule has 1 unspecified atom stereocenters. The molecule has 1 atom stereocenters. The molecule has 0 aliphatic carbocycles. The van der Waals surface area contributed by atoms with Gasteiger partial charge in [0.15, 0.2) is 0 Å². The van der Waals surface area contributed by atoms with E-state index in [9.17, 15) is 19.0 Å². The molecule has 0 saturated carbocycles. The Morgan fingerprint density at radius 2 is 1.83 bits per heavy atom. The molecule has 0 aromatic heterocycles. The number of fused-ring (bicyclic) bond motifs is 1. The Morgan fingerprint density at radius 1 is 1.14 bits per heavy atom. The average molecular weight is 496 g/mol. The van der Waals surface area contributed by atoms with Gasteiger partial charge < -0.3 is 19.7 Å². The van der Waals surface area contributed by atoms with Gasteiger partial charge in [0.1, 0.15) is 35.8 Å². The van der Waals surface area contributed by atoms with Crippen molar-refractivity contribution in [3.05, 3.63) is 89.5 Å². The zero-order valence-corrected chi connectivity index (χ0v) is 20.5. The van der Waals surface area contributed by atoms with E-state index < -0.39 is 11.9 Å². The van der Waals surface area contributed by atoms with Gasteiger partial charge in [0.05, 0.1) is 12.4 Å². The van der Waals surface area contributed by atoms with Crippen molar-refractivity contribution in [1.29, 1.82) is 0 Å². The Kier molecular flexibility index (Phi) is 7.79. The van der Waals surface area contributed by atoms with Crippen molar-refractivity contribution in [3.8, 4) is 17.2 Å². The van der Waals surface area contributed by atoms with Crippen LogP contribution >= 0.6 is 0 Å². The second-order valence-corrected chi connectivity index (χ2v) is 9.16. The van der Waals surface area contributed by atoms with Crippen LogP contribution in [0.2, 0.25) is 0 Å². The summed E-state index contributed by atoms with van der Waals surface area (Å²) in [4.78, 5) is 2.15. The first-order chi connectivity index (χ1) is 17.3. The lowest BCUT2D eigenvalue weighted by Gasteiger charge is -2.37. The van der Waals surface area contributed by atoms with Crippen molar-refractivity contribution < 1.29 is 28.5 Å². The van der Waals surface area contributed by atoms with Crippen LogP contribution in [0.15, 0.2) is 72.5 Å². The fourth-order valence-corrected chi connectivity index (χ4v) is 4.56. The summed E-state index contributed by atoms with van der Waals surface area (Å²) >= 11 is 0. The Labute approximate surface area is 210 Å². The van der Waals surface area contributed by atoms with Crippen molar-refractivity contribution in [2.75, 3.05) is 32.9 Å². The zero-order chi connectivity index (χ0) is 25.8. The van der Waals surface area contributed by atoms with Gasteiger partial charge in [0.25, 0.3) is 0 Å². The Bertz CT molecular complexity index is 1230. The number of hydrogen-bond donors (Lipinski definition) is 2. The third-order valence-corrected chi connectivity index (χ3v) is 6.56. The number of allylic oxidation sites excluding steroid dienone is 4. The largest absolute Gasteiger partial charge is 0.508 e. The van der Waals surface area contributed by atoms with Gasteiger partial charge in [0.2, 0.25) is 0 Å². The first-order valence-electron chi connectivity index (χ1n) is 11.9. The number of benzene rings is 2. The molecule has 36 heavy (non-hydrogen) atoms. The average Bonchev–Trinajstić information content (AvgIpc) is 2.83. The van der Waals surface area contributed by atoms with E-state index >= 15 is 0 Å². The maximum atomic E-state index is 15.0. The van der Waals surface area contributed by atoms with Crippen LogP contribution in [-0.2, 0) is 4.74 Å². The molecule has 2 aliphatic rings. The SMILES string of the molecule is C=C/C(=C\C=C(/C)OCCN1CC(CF)C1)C1Oc2ccc(O)cc2C(C)=C1c1cc(O)ccc1F. The minimum absolute atomic E-state index is 0.0690. The summed E-state index contributed by atoms with van der Waals surface area (Å²) in [5.74, 6) is 0.875. The molecule has 7 heteroatoms. The van der Waals surface area contributed by atoms with Gasteiger partial charge in [0, 0.05) is 42.3 Å². The molecule has 2 aromatic rings. The molecule has 1 saturated heterocycles. The van der Waals surface area contributed by atoms with Gasteiger partial charge in [-0.2, -0.15) is 0 Å². The molecule has 5 nitrogen and oxygen atoms in total. The summed E-state index contributed by atoms with van der Waals surface area (Å²) in [5.41, 5.74) is 2.76. The number of halogens is 2. The number of aromatic hydroxyl groups is 2. The molecular weight excluding hydrogens is 464 g/mol. The van der Waals surface area contributed by atoms with E-state index in [1.165, 1.54) is 24.3 Å². The number of likely N-dealkylation sites (tertiary alicyclic amines) is 1. The van der Waals surface area contributed by atoms with E-state index in [1.807, 2.05) is 19.9 Å². The molecule has 0 bridgehead atoms.